The van der Waals surface area contributed by atoms with E-state index in [2.05, 4.69) is 5.16 Å². The number of aryl methyl sites for hydroxylation is 1. The zero-order chi connectivity index (χ0) is 13.7. The van der Waals surface area contributed by atoms with E-state index in [-0.39, 0.29) is 18.6 Å². The van der Waals surface area contributed by atoms with E-state index in [1.807, 2.05) is 36.6 Å². The molecular formula is C13H17N3O3. The molecule has 2 rings (SSSR count). The number of hydrogen-bond acceptors (Lipinski definition) is 5. The number of hydrazine groups is 1. The number of ether oxygens (including phenoxy) is 1. The van der Waals surface area contributed by atoms with Gasteiger partial charge in [-0.25, -0.2) is 5.84 Å². The van der Waals surface area contributed by atoms with Gasteiger partial charge in [-0.15, -0.1) is 0 Å². The van der Waals surface area contributed by atoms with Gasteiger partial charge < -0.3 is 9.57 Å². The van der Waals surface area contributed by atoms with E-state index >= 15 is 0 Å². The van der Waals surface area contributed by atoms with Crippen molar-refractivity contribution in [1.29, 1.82) is 0 Å². The summed E-state index contributed by atoms with van der Waals surface area (Å²) in [4.78, 5) is 16.1. The Hall–Kier alpha value is -1.92. The van der Waals surface area contributed by atoms with Crippen LogP contribution in [0.2, 0.25) is 0 Å². The molecule has 1 atom stereocenters. The molecule has 0 spiro atoms. The first-order chi connectivity index (χ1) is 9.19. The second-order valence-corrected chi connectivity index (χ2v) is 4.42. The summed E-state index contributed by atoms with van der Waals surface area (Å²) in [5.74, 6) is 4.58. The van der Waals surface area contributed by atoms with E-state index in [1.54, 1.807) is 0 Å². The minimum atomic E-state index is -0.363. The molecule has 1 amide bonds. The highest BCUT2D eigenvalue weighted by Gasteiger charge is 2.22. The molecule has 1 heterocycles. The van der Waals surface area contributed by atoms with E-state index in [0.717, 1.165) is 11.3 Å². The maximum absolute atomic E-state index is 10.9. The van der Waals surface area contributed by atoms with E-state index in [0.29, 0.717) is 13.0 Å². The maximum atomic E-state index is 10.9. The zero-order valence-electron chi connectivity index (χ0n) is 10.8. The number of nitrogens with zero attached hydrogens (tertiary/aromatic N) is 1. The van der Waals surface area contributed by atoms with Gasteiger partial charge in [-0.3, -0.25) is 10.2 Å². The number of nitrogens with one attached hydrogen (secondary N) is 1. The molecule has 0 aliphatic carbocycles. The molecule has 19 heavy (non-hydrogen) atoms. The van der Waals surface area contributed by atoms with E-state index in [4.69, 9.17) is 15.4 Å². The number of benzene rings is 1. The summed E-state index contributed by atoms with van der Waals surface area (Å²) in [5, 5.41) is 4.05. The minimum Gasteiger partial charge on any atom is -0.389 e. The molecule has 0 saturated carbocycles. The highest BCUT2D eigenvalue weighted by molar-refractivity contribution is 6.01. The molecule has 1 aromatic rings. The zero-order valence-corrected chi connectivity index (χ0v) is 10.8. The third-order valence-electron chi connectivity index (χ3n) is 2.82. The summed E-state index contributed by atoms with van der Waals surface area (Å²) in [7, 11) is 0. The van der Waals surface area contributed by atoms with Gasteiger partial charge in [0.2, 0.25) is 0 Å². The molecule has 1 aliphatic heterocycles. The molecule has 6 nitrogen and oxygen atoms in total. The Bertz CT molecular complexity index is 471. The minimum absolute atomic E-state index is 0.0732. The average Bonchev–Trinajstić information content (AvgIpc) is 2.88. The normalized spacial score (nSPS) is 17.8. The molecule has 3 N–H and O–H groups in total. The van der Waals surface area contributed by atoms with E-state index < -0.39 is 0 Å². The molecule has 0 radical (unpaired) electrons. The maximum Gasteiger partial charge on any atom is 0.259 e. The first-order valence-corrected chi connectivity index (χ1v) is 6.06. The lowest BCUT2D eigenvalue weighted by atomic mass is 10.0. The van der Waals surface area contributed by atoms with Crippen molar-refractivity contribution in [1.82, 2.24) is 5.43 Å². The molecule has 1 aromatic carbocycles. The monoisotopic (exact) mass is 263 g/mol. The lowest BCUT2D eigenvalue weighted by Crippen LogP contribution is -2.34. The fraction of sp³-hybridized carbons (Fsp3) is 0.385. The first kappa shape index (κ1) is 13.5. The Balaban J connectivity index is 1.79. The van der Waals surface area contributed by atoms with E-state index in [1.165, 1.54) is 5.56 Å². The van der Waals surface area contributed by atoms with Crippen LogP contribution >= 0.6 is 0 Å². The fourth-order valence-electron chi connectivity index (χ4n) is 1.76. The largest absolute Gasteiger partial charge is 0.389 e. The summed E-state index contributed by atoms with van der Waals surface area (Å²) in [6, 6.07) is 8.10. The molecule has 1 unspecified atom stereocenters. The van der Waals surface area contributed by atoms with Crippen LogP contribution in [0.4, 0.5) is 0 Å². The van der Waals surface area contributed by atoms with Gasteiger partial charge in [0.15, 0.2) is 6.10 Å². The van der Waals surface area contributed by atoms with Crippen molar-refractivity contribution in [3.63, 3.8) is 0 Å². The van der Waals surface area contributed by atoms with Crippen molar-refractivity contribution in [2.24, 2.45) is 11.0 Å². The average molecular weight is 263 g/mol. The molecule has 0 saturated heterocycles. The SMILES string of the molecule is Cc1ccc(C2=NOC(COCC(=O)NN)C2)cc1. The summed E-state index contributed by atoms with van der Waals surface area (Å²) in [6.45, 7) is 2.28. The third-order valence-corrected chi connectivity index (χ3v) is 2.82. The molecule has 102 valence electrons. The highest BCUT2D eigenvalue weighted by atomic mass is 16.7. The molecule has 0 fully saturated rings. The lowest BCUT2D eigenvalue weighted by molar-refractivity contribution is -0.127. The summed E-state index contributed by atoms with van der Waals surface area (Å²) < 4.78 is 5.18. The highest BCUT2D eigenvalue weighted by Crippen LogP contribution is 2.17. The third kappa shape index (κ3) is 3.77. The summed E-state index contributed by atoms with van der Waals surface area (Å²) in [5.41, 5.74) is 5.15. The van der Waals surface area contributed by atoms with Crippen molar-refractivity contribution in [3.8, 4) is 0 Å². The van der Waals surface area contributed by atoms with Gasteiger partial charge >= 0.3 is 0 Å². The second kappa shape index (κ2) is 6.31. The van der Waals surface area contributed by atoms with Crippen LogP contribution in [0.15, 0.2) is 29.4 Å². The van der Waals surface area contributed by atoms with Crippen molar-refractivity contribution in [2.45, 2.75) is 19.4 Å². The Morgan fingerprint density at radius 1 is 1.53 bits per heavy atom. The van der Waals surface area contributed by atoms with Crippen molar-refractivity contribution in [3.05, 3.63) is 35.4 Å². The predicted octanol–water partition coefficient (Wildman–Crippen LogP) is 0.495. The molecule has 1 aliphatic rings. The quantitative estimate of drug-likeness (QED) is 0.460. The first-order valence-electron chi connectivity index (χ1n) is 6.06. The van der Waals surface area contributed by atoms with Crippen molar-refractivity contribution in [2.75, 3.05) is 13.2 Å². The fourth-order valence-corrected chi connectivity index (χ4v) is 1.76. The number of rotatable bonds is 5. The van der Waals surface area contributed by atoms with Crippen LogP contribution in [0.25, 0.3) is 0 Å². The standard InChI is InChI=1S/C13H17N3O3/c1-9-2-4-10(5-3-9)12-6-11(19-16-12)7-18-8-13(17)15-14/h2-5,11H,6-8,14H2,1H3,(H,15,17). The number of nitrogens with two attached hydrogens (primary N) is 1. The van der Waals surface area contributed by atoms with Gasteiger partial charge in [0.05, 0.1) is 12.3 Å². The second-order valence-electron chi connectivity index (χ2n) is 4.42. The summed E-state index contributed by atoms with van der Waals surface area (Å²) in [6.07, 6.45) is 0.523. The van der Waals surface area contributed by atoms with Gasteiger partial charge in [0, 0.05) is 6.42 Å². The Labute approximate surface area is 111 Å². The van der Waals surface area contributed by atoms with Crippen LogP contribution in [0, 0.1) is 6.92 Å². The van der Waals surface area contributed by atoms with Crippen LogP contribution < -0.4 is 11.3 Å². The Morgan fingerprint density at radius 3 is 2.95 bits per heavy atom. The van der Waals surface area contributed by atoms with Gasteiger partial charge in [-0.05, 0) is 12.5 Å². The van der Waals surface area contributed by atoms with E-state index in [9.17, 15) is 4.79 Å². The van der Waals surface area contributed by atoms with Crippen LogP contribution in [0.5, 0.6) is 0 Å². The number of carbonyl (C=O) groups is 1. The lowest BCUT2D eigenvalue weighted by Gasteiger charge is -2.08. The van der Waals surface area contributed by atoms with Crippen LogP contribution in [-0.4, -0.2) is 30.9 Å². The predicted molar refractivity (Wildman–Crippen MR) is 70.4 cm³/mol. The van der Waals surface area contributed by atoms with Crippen LogP contribution in [0.1, 0.15) is 17.5 Å². The van der Waals surface area contributed by atoms with Gasteiger partial charge in [0.1, 0.15) is 6.61 Å². The van der Waals surface area contributed by atoms with Gasteiger partial charge in [-0.2, -0.15) is 0 Å². The van der Waals surface area contributed by atoms with Gasteiger partial charge in [-0.1, -0.05) is 35.0 Å². The molecule has 6 heteroatoms. The molecular weight excluding hydrogens is 246 g/mol. The Morgan fingerprint density at radius 2 is 2.26 bits per heavy atom. The number of amides is 1. The number of carbonyl (C=O) groups excluding carboxylic acids is 1. The van der Waals surface area contributed by atoms with Gasteiger partial charge in [0.25, 0.3) is 5.91 Å². The number of hydrogen-bond donors (Lipinski definition) is 2. The molecule has 0 aromatic heterocycles. The van der Waals surface area contributed by atoms with Crippen LogP contribution in [0.3, 0.4) is 0 Å². The topological polar surface area (TPSA) is 85.9 Å². The Kier molecular flexibility index (Phi) is 4.48. The number of oxime groups is 1. The van der Waals surface area contributed by atoms with Crippen LogP contribution in [-0.2, 0) is 14.4 Å². The smallest absolute Gasteiger partial charge is 0.259 e. The molecule has 0 bridgehead atoms. The van der Waals surface area contributed by atoms with Crippen molar-refractivity contribution < 1.29 is 14.4 Å². The summed E-state index contributed by atoms with van der Waals surface area (Å²) >= 11 is 0. The van der Waals surface area contributed by atoms with Crippen molar-refractivity contribution >= 4 is 11.6 Å².